The molecule has 88 valence electrons. The summed E-state index contributed by atoms with van der Waals surface area (Å²) in [6.45, 7) is 1.62. The summed E-state index contributed by atoms with van der Waals surface area (Å²) >= 11 is 0. The fourth-order valence-electron chi connectivity index (χ4n) is 1.55. The molecule has 0 aliphatic rings. The van der Waals surface area contributed by atoms with Gasteiger partial charge in [0, 0.05) is 17.5 Å². The molecule has 1 amide bonds. The average molecular weight is 233 g/mol. The topological polar surface area (TPSA) is 82.5 Å². The Kier molecular flexibility index (Phi) is 2.82. The Hall–Kier alpha value is -2.30. The van der Waals surface area contributed by atoms with Crippen LogP contribution >= 0.6 is 0 Å². The van der Waals surface area contributed by atoms with E-state index in [4.69, 9.17) is 14.9 Å². The number of fused-ring (bicyclic) bond motifs is 1. The quantitative estimate of drug-likeness (QED) is 0.800. The van der Waals surface area contributed by atoms with Crippen LogP contribution in [0.15, 0.2) is 33.5 Å². The van der Waals surface area contributed by atoms with Crippen LogP contribution in [0.1, 0.15) is 5.56 Å². The first-order valence-corrected chi connectivity index (χ1v) is 5.02. The molecule has 0 aliphatic heterocycles. The highest BCUT2D eigenvalue weighted by molar-refractivity contribution is 5.81. The van der Waals surface area contributed by atoms with Crippen LogP contribution in [-0.2, 0) is 4.79 Å². The van der Waals surface area contributed by atoms with E-state index in [9.17, 15) is 9.59 Å². The second-order valence-corrected chi connectivity index (χ2v) is 3.66. The lowest BCUT2D eigenvalue weighted by Crippen LogP contribution is -2.19. The van der Waals surface area contributed by atoms with Crippen LogP contribution in [0.4, 0.5) is 0 Å². The van der Waals surface area contributed by atoms with E-state index in [1.54, 1.807) is 18.2 Å². The third kappa shape index (κ3) is 2.44. The maximum Gasteiger partial charge on any atom is 0.336 e. The van der Waals surface area contributed by atoms with Crippen LogP contribution in [0, 0.1) is 6.92 Å². The second-order valence-electron chi connectivity index (χ2n) is 3.66. The summed E-state index contributed by atoms with van der Waals surface area (Å²) in [5, 5.41) is 0.830. The fraction of sp³-hybridized carbons (Fsp3) is 0.167. The smallest absolute Gasteiger partial charge is 0.336 e. The van der Waals surface area contributed by atoms with E-state index >= 15 is 0 Å². The average Bonchev–Trinajstić information content (AvgIpc) is 2.25. The Morgan fingerprint density at radius 2 is 2.18 bits per heavy atom. The number of hydrogen-bond donors (Lipinski definition) is 1. The number of benzene rings is 1. The minimum absolute atomic E-state index is 0.207. The summed E-state index contributed by atoms with van der Waals surface area (Å²) < 4.78 is 10.2. The van der Waals surface area contributed by atoms with Gasteiger partial charge in [-0.15, -0.1) is 0 Å². The predicted octanol–water partition coefficient (Wildman–Crippen LogP) is 0.966. The molecule has 0 saturated heterocycles. The summed E-state index contributed by atoms with van der Waals surface area (Å²) in [5.41, 5.74) is 5.81. The zero-order valence-corrected chi connectivity index (χ0v) is 9.23. The molecule has 17 heavy (non-hydrogen) atoms. The summed E-state index contributed by atoms with van der Waals surface area (Å²) in [6.07, 6.45) is 0. The van der Waals surface area contributed by atoms with Gasteiger partial charge in [0.1, 0.15) is 11.3 Å². The van der Waals surface area contributed by atoms with E-state index in [1.165, 1.54) is 6.07 Å². The van der Waals surface area contributed by atoms with Crippen molar-refractivity contribution in [3.05, 3.63) is 40.2 Å². The first-order valence-electron chi connectivity index (χ1n) is 5.02. The van der Waals surface area contributed by atoms with E-state index in [0.717, 1.165) is 10.9 Å². The predicted molar refractivity (Wildman–Crippen MR) is 61.9 cm³/mol. The van der Waals surface area contributed by atoms with E-state index < -0.39 is 11.5 Å². The first-order chi connectivity index (χ1) is 8.06. The molecule has 1 aromatic heterocycles. The van der Waals surface area contributed by atoms with Crippen LogP contribution in [0.5, 0.6) is 5.75 Å². The van der Waals surface area contributed by atoms with Crippen molar-refractivity contribution >= 4 is 16.9 Å². The van der Waals surface area contributed by atoms with Crippen molar-refractivity contribution in [1.29, 1.82) is 0 Å². The van der Waals surface area contributed by atoms with Gasteiger partial charge in [0.25, 0.3) is 5.91 Å². The molecule has 5 heteroatoms. The number of carbonyl (C=O) groups is 1. The van der Waals surface area contributed by atoms with Gasteiger partial charge in [-0.3, -0.25) is 4.79 Å². The lowest BCUT2D eigenvalue weighted by molar-refractivity contribution is -0.119. The molecule has 0 atom stereocenters. The highest BCUT2D eigenvalue weighted by Crippen LogP contribution is 2.21. The zero-order valence-electron chi connectivity index (χ0n) is 9.23. The van der Waals surface area contributed by atoms with Crippen molar-refractivity contribution in [2.24, 2.45) is 5.73 Å². The standard InChI is InChI=1S/C12H11NO4/c1-7-4-12(15)17-10-5-8(2-3-9(7)10)16-6-11(13)14/h2-5H,6H2,1H3,(H2,13,14). The fourth-order valence-corrected chi connectivity index (χ4v) is 1.55. The molecular formula is C12H11NO4. The van der Waals surface area contributed by atoms with Gasteiger partial charge in [0.15, 0.2) is 6.61 Å². The van der Waals surface area contributed by atoms with Crippen LogP contribution < -0.4 is 16.1 Å². The highest BCUT2D eigenvalue weighted by Gasteiger charge is 2.04. The van der Waals surface area contributed by atoms with Gasteiger partial charge in [-0.05, 0) is 24.6 Å². The van der Waals surface area contributed by atoms with Gasteiger partial charge >= 0.3 is 5.63 Å². The summed E-state index contributed by atoms with van der Waals surface area (Å²) in [5.74, 6) is -0.124. The molecule has 0 radical (unpaired) electrons. The highest BCUT2D eigenvalue weighted by atomic mass is 16.5. The van der Waals surface area contributed by atoms with Crippen LogP contribution in [0.2, 0.25) is 0 Å². The van der Waals surface area contributed by atoms with Crippen molar-refractivity contribution < 1.29 is 13.9 Å². The minimum Gasteiger partial charge on any atom is -0.484 e. The largest absolute Gasteiger partial charge is 0.484 e. The molecule has 0 bridgehead atoms. The van der Waals surface area contributed by atoms with Gasteiger partial charge in [-0.25, -0.2) is 4.79 Å². The van der Waals surface area contributed by atoms with Crippen molar-refractivity contribution in [2.75, 3.05) is 6.61 Å². The Bertz CT molecular complexity index is 630. The molecular weight excluding hydrogens is 222 g/mol. The summed E-state index contributed by atoms with van der Waals surface area (Å²) in [4.78, 5) is 21.8. The Morgan fingerprint density at radius 3 is 2.88 bits per heavy atom. The van der Waals surface area contributed by atoms with Gasteiger partial charge in [-0.1, -0.05) is 0 Å². The van der Waals surface area contributed by atoms with Crippen molar-refractivity contribution in [2.45, 2.75) is 6.92 Å². The van der Waals surface area contributed by atoms with Crippen molar-refractivity contribution in [1.82, 2.24) is 0 Å². The van der Waals surface area contributed by atoms with Gasteiger partial charge in [0.05, 0.1) is 0 Å². The SMILES string of the molecule is Cc1cc(=O)oc2cc(OCC(N)=O)ccc12. The van der Waals surface area contributed by atoms with Crippen LogP contribution in [-0.4, -0.2) is 12.5 Å². The minimum atomic E-state index is -0.559. The first kappa shape index (κ1) is 11.2. The number of hydrogen-bond acceptors (Lipinski definition) is 4. The molecule has 2 rings (SSSR count). The molecule has 0 fully saturated rings. The molecule has 1 heterocycles. The summed E-state index contributed by atoms with van der Waals surface area (Å²) in [7, 11) is 0. The normalized spacial score (nSPS) is 10.4. The molecule has 0 saturated carbocycles. The molecule has 2 aromatic rings. The van der Waals surface area contributed by atoms with E-state index in [0.29, 0.717) is 11.3 Å². The zero-order chi connectivity index (χ0) is 12.4. The third-order valence-corrected chi connectivity index (χ3v) is 2.30. The molecule has 0 spiro atoms. The van der Waals surface area contributed by atoms with Crippen LogP contribution in [0.25, 0.3) is 11.0 Å². The number of carbonyl (C=O) groups excluding carboxylic acids is 1. The van der Waals surface area contributed by atoms with E-state index in [-0.39, 0.29) is 6.61 Å². The van der Waals surface area contributed by atoms with Gasteiger partial charge in [-0.2, -0.15) is 0 Å². The van der Waals surface area contributed by atoms with E-state index in [1.807, 2.05) is 6.92 Å². The van der Waals surface area contributed by atoms with Crippen LogP contribution in [0.3, 0.4) is 0 Å². The second kappa shape index (κ2) is 4.29. The molecule has 1 aromatic carbocycles. The molecule has 0 unspecified atom stereocenters. The Labute approximate surface area is 96.8 Å². The van der Waals surface area contributed by atoms with Crippen molar-refractivity contribution in [3.63, 3.8) is 0 Å². The monoisotopic (exact) mass is 233 g/mol. The lowest BCUT2D eigenvalue weighted by Gasteiger charge is -2.05. The molecule has 0 aliphatic carbocycles. The number of rotatable bonds is 3. The number of nitrogens with two attached hydrogens (primary N) is 1. The summed E-state index contributed by atoms with van der Waals surface area (Å²) in [6, 6.07) is 6.45. The maximum atomic E-state index is 11.2. The molecule has 2 N–H and O–H groups in total. The van der Waals surface area contributed by atoms with Crippen molar-refractivity contribution in [3.8, 4) is 5.75 Å². The van der Waals surface area contributed by atoms with Gasteiger partial charge < -0.3 is 14.9 Å². The number of amides is 1. The lowest BCUT2D eigenvalue weighted by atomic mass is 10.1. The van der Waals surface area contributed by atoms with E-state index in [2.05, 4.69) is 0 Å². The third-order valence-electron chi connectivity index (χ3n) is 2.30. The number of ether oxygens (including phenoxy) is 1. The molecule has 5 nitrogen and oxygen atoms in total. The number of aryl methyl sites for hydroxylation is 1. The Morgan fingerprint density at radius 1 is 1.41 bits per heavy atom. The number of primary amides is 1. The maximum absolute atomic E-state index is 11.2. The Balaban J connectivity index is 2.43. The van der Waals surface area contributed by atoms with Gasteiger partial charge in [0.2, 0.25) is 0 Å².